The second kappa shape index (κ2) is 11.7. The molecule has 0 bridgehead atoms. The molecule has 12 nitrogen and oxygen atoms in total. The highest BCUT2D eigenvalue weighted by molar-refractivity contribution is 7.89. The monoisotopic (exact) mass is 528 g/mol. The summed E-state index contributed by atoms with van der Waals surface area (Å²) < 4.78 is 33.6. The lowest BCUT2D eigenvalue weighted by atomic mass is 10.3. The number of methoxy groups -OCH3 is 1. The third-order valence-corrected chi connectivity index (χ3v) is 8.39. The number of anilines is 1. The number of nitrogens with zero attached hydrogens (tertiary/aromatic N) is 7. The summed E-state index contributed by atoms with van der Waals surface area (Å²) >= 11 is 0. The Morgan fingerprint density at radius 2 is 1.65 bits per heavy atom. The lowest BCUT2D eigenvalue weighted by Gasteiger charge is -2.34. The van der Waals surface area contributed by atoms with Crippen LogP contribution in [0.25, 0.3) is 5.69 Å². The quantitative estimate of drug-likeness (QED) is 0.447. The lowest BCUT2D eigenvalue weighted by molar-refractivity contribution is 0.140. The van der Waals surface area contributed by atoms with E-state index in [0.29, 0.717) is 57.3 Å². The van der Waals surface area contributed by atoms with Gasteiger partial charge in [-0.2, -0.15) is 8.99 Å². The largest absolute Gasteiger partial charge is 0.497 e. The van der Waals surface area contributed by atoms with Crippen LogP contribution in [-0.4, -0.2) is 95.1 Å². The highest BCUT2D eigenvalue weighted by Crippen LogP contribution is 2.19. The van der Waals surface area contributed by atoms with E-state index in [1.54, 1.807) is 42.7 Å². The maximum Gasteiger partial charge on any atom is 0.321 e. The van der Waals surface area contributed by atoms with Crippen LogP contribution < -0.4 is 10.1 Å². The highest BCUT2D eigenvalue weighted by atomic mass is 32.2. The average molecular weight is 529 g/mol. The maximum absolute atomic E-state index is 12.8. The van der Waals surface area contributed by atoms with Crippen LogP contribution in [0.5, 0.6) is 5.75 Å². The molecule has 0 radical (unpaired) electrons. The molecule has 0 saturated carbocycles. The van der Waals surface area contributed by atoms with Crippen molar-refractivity contribution in [3.05, 3.63) is 54.4 Å². The number of hydrogen-bond donors (Lipinski definition) is 1. The molecule has 1 saturated heterocycles. The smallest absolute Gasteiger partial charge is 0.321 e. The SMILES string of the molecule is CCN(CC)S(=O)(=O)c1ccc(NC(=O)N2CCN(Cc3nnnn3-c3ccc(OC)cc3)CC2)cc1. The van der Waals surface area contributed by atoms with Gasteiger partial charge in [-0.1, -0.05) is 13.8 Å². The molecule has 198 valence electrons. The van der Waals surface area contributed by atoms with Gasteiger partial charge in [-0.3, -0.25) is 4.90 Å². The van der Waals surface area contributed by atoms with E-state index in [0.717, 1.165) is 11.4 Å². The van der Waals surface area contributed by atoms with Crippen LogP contribution in [-0.2, 0) is 16.6 Å². The van der Waals surface area contributed by atoms with Crippen molar-refractivity contribution in [3.63, 3.8) is 0 Å². The first kappa shape index (κ1) is 26.5. The molecule has 1 aliphatic rings. The fourth-order valence-corrected chi connectivity index (χ4v) is 5.62. The second-order valence-electron chi connectivity index (χ2n) is 8.51. The van der Waals surface area contributed by atoms with Crippen LogP contribution in [0.1, 0.15) is 19.7 Å². The summed E-state index contributed by atoms with van der Waals surface area (Å²) in [5.41, 5.74) is 1.39. The molecule has 1 aliphatic heterocycles. The minimum Gasteiger partial charge on any atom is -0.497 e. The van der Waals surface area contributed by atoms with Crippen molar-refractivity contribution >= 4 is 21.7 Å². The van der Waals surface area contributed by atoms with Crippen LogP contribution in [0.2, 0.25) is 0 Å². The van der Waals surface area contributed by atoms with Crippen molar-refractivity contribution < 1.29 is 17.9 Å². The summed E-state index contributed by atoms with van der Waals surface area (Å²) in [5.74, 6) is 1.47. The fourth-order valence-electron chi connectivity index (χ4n) is 4.16. The number of nitrogens with one attached hydrogen (secondary N) is 1. The van der Waals surface area contributed by atoms with E-state index < -0.39 is 10.0 Å². The van der Waals surface area contributed by atoms with Gasteiger partial charge in [0.25, 0.3) is 0 Å². The number of piperazine rings is 1. The minimum absolute atomic E-state index is 0.208. The molecule has 13 heteroatoms. The predicted molar refractivity (Wildman–Crippen MR) is 138 cm³/mol. The summed E-state index contributed by atoms with van der Waals surface area (Å²) in [6, 6.07) is 13.6. The Bertz CT molecular complexity index is 1280. The molecule has 2 heterocycles. The molecule has 2 aromatic carbocycles. The van der Waals surface area contributed by atoms with Gasteiger partial charge in [0, 0.05) is 45.0 Å². The van der Waals surface area contributed by atoms with Gasteiger partial charge >= 0.3 is 6.03 Å². The number of hydrogen-bond acceptors (Lipinski definition) is 8. The average Bonchev–Trinajstić information content (AvgIpc) is 3.38. The Morgan fingerprint density at radius 3 is 2.24 bits per heavy atom. The summed E-state index contributed by atoms with van der Waals surface area (Å²) in [4.78, 5) is 16.9. The van der Waals surface area contributed by atoms with Gasteiger partial charge < -0.3 is 15.0 Å². The van der Waals surface area contributed by atoms with Gasteiger partial charge in [-0.15, -0.1) is 5.10 Å². The summed E-state index contributed by atoms with van der Waals surface area (Å²) in [6.07, 6.45) is 0. The number of carbonyl (C=O) groups is 1. The topological polar surface area (TPSA) is 126 Å². The van der Waals surface area contributed by atoms with Gasteiger partial charge in [0.15, 0.2) is 5.82 Å². The van der Waals surface area contributed by atoms with Crippen molar-refractivity contribution in [1.29, 1.82) is 0 Å². The van der Waals surface area contributed by atoms with Gasteiger partial charge in [-0.05, 0) is 59.0 Å². The van der Waals surface area contributed by atoms with Gasteiger partial charge in [-0.25, -0.2) is 13.2 Å². The minimum atomic E-state index is -3.54. The fraction of sp³-hybridized carbons (Fsp3) is 0.417. The molecule has 1 N–H and O–H groups in total. The third-order valence-electron chi connectivity index (χ3n) is 6.32. The molecule has 0 aliphatic carbocycles. The number of ether oxygens (including phenoxy) is 1. The maximum atomic E-state index is 12.8. The van der Waals surface area contributed by atoms with Gasteiger partial charge in [0.2, 0.25) is 10.0 Å². The molecule has 0 spiro atoms. The zero-order chi connectivity index (χ0) is 26.4. The van der Waals surface area contributed by atoms with Crippen molar-refractivity contribution in [3.8, 4) is 11.4 Å². The number of benzene rings is 2. The summed E-state index contributed by atoms with van der Waals surface area (Å²) in [6.45, 7) is 7.40. The normalized spacial score (nSPS) is 14.6. The van der Waals surface area contributed by atoms with E-state index in [-0.39, 0.29) is 10.9 Å². The molecular weight excluding hydrogens is 496 g/mol. The summed E-state index contributed by atoms with van der Waals surface area (Å²) in [7, 11) is -1.92. The first-order valence-corrected chi connectivity index (χ1v) is 13.6. The standard InChI is InChI=1S/C24H32N8O4S/c1-4-31(5-2)37(34,35)22-12-6-19(7-13-22)25-24(33)30-16-14-29(15-17-30)18-23-26-27-28-32(23)20-8-10-21(36-3)11-9-20/h6-13H,4-5,14-18H2,1-3H3,(H,25,33). The number of aromatic nitrogens is 4. The number of sulfonamides is 1. The molecule has 3 aromatic rings. The molecule has 0 atom stereocenters. The van der Waals surface area contributed by atoms with E-state index in [1.165, 1.54) is 16.4 Å². The van der Waals surface area contributed by atoms with Crippen LogP contribution in [0.15, 0.2) is 53.4 Å². The van der Waals surface area contributed by atoms with E-state index in [2.05, 4.69) is 25.7 Å². The molecular formula is C24H32N8O4S. The Labute approximate surface area is 216 Å². The number of amides is 2. The van der Waals surface area contributed by atoms with Gasteiger partial charge in [0.05, 0.1) is 24.2 Å². The summed E-state index contributed by atoms with van der Waals surface area (Å²) in [5, 5.41) is 15.0. The molecule has 37 heavy (non-hydrogen) atoms. The van der Waals surface area contributed by atoms with Crippen LogP contribution >= 0.6 is 0 Å². The number of rotatable bonds is 9. The first-order valence-electron chi connectivity index (χ1n) is 12.2. The van der Waals surface area contributed by atoms with E-state index >= 15 is 0 Å². The zero-order valence-electron chi connectivity index (χ0n) is 21.2. The molecule has 2 amide bonds. The number of tetrazole rings is 1. The highest BCUT2D eigenvalue weighted by Gasteiger charge is 2.24. The Morgan fingerprint density at radius 1 is 1.00 bits per heavy atom. The zero-order valence-corrected chi connectivity index (χ0v) is 22.1. The van der Waals surface area contributed by atoms with Crippen molar-refractivity contribution in [2.75, 3.05) is 51.7 Å². The van der Waals surface area contributed by atoms with Gasteiger partial charge in [0.1, 0.15) is 5.75 Å². The lowest BCUT2D eigenvalue weighted by Crippen LogP contribution is -2.49. The third kappa shape index (κ3) is 6.06. The number of carbonyl (C=O) groups excluding carboxylic acids is 1. The van der Waals surface area contributed by atoms with Crippen molar-refractivity contribution in [2.45, 2.75) is 25.3 Å². The molecule has 4 rings (SSSR count). The molecule has 1 fully saturated rings. The van der Waals surface area contributed by atoms with Crippen molar-refractivity contribution in [2.24, 2.45) is 0 Å². The Balaban J connectivity index is 1.30. The molecule has 1 aromatic heterocycles. The van der Waals surface area contributed by atoms with E-state index in [4.69, 9.17) is 4.74 Å². The van der Waals surface area contributed by atoms with Crippen molar-refractivity contribution in [1.82, 2.24) is 34.3 Å². The van der Waals surface area contributed by atoms with E-state index in [9.17, 15) is 13.2 Å². The Kier molecular flexibility index (Phi) is 8.36. The van der Waals surface area contributed by atoms with E-state index in [1.807, 2.05) is 24.3 Å². The first-order chi connectivity index (χ1) is 17.8. The predicted octanol–water partition coefficient (Wildman–Crippen LogP) is 2.05. The number of urea groups is 1. The van der Waals surface area contributed by atoms with Crippen LogP contribution in [0.3, 0.4) is 0 Å². The van der Waals surface area contributed by atoms with Crippen LogP contribution in [0, 0.1) is 0 Å². The van der Waals surface area contributed by atoms with Crippen LogP contribution in [0.4, 0.5) is 10.5 Å². The molecule has 0 unspecified atom stereocenters. The second-order valence-corrected chi connectivity index (χ2v) is 10.4. The Hall–Kier alpha value is -3.55.